The highest BCUT2D eigenvalue weighted by Gasteiger charge is 2.21. The van der Waals surface area contributed by atoms with Gasteiger partial charge in [-0.15, -0.1) is 5.10 Å². The minimum Gasteiger partial charge on any atom is -0.445 e. The average molecular weight is 445 g/mol. The largest absolute Gasteiger partial charge is 0.445 e. The molecule has 1 unspecified atom stereocenters. The number of nitrogens with zero attached hydrogens (tertiary/aromatic N) is 3. The van der Waals surface area contributed by atoms with Gasteiger partial charge in [-0.1, -0.05) is 47.7 Å². The van der Waals surface area contributed by atoms with E-state index < -0.39 is 24.6 Å². The maximum atomic E-state index is 12.6. The molecule has 1 aromatic heterocycles. The highest BCUT2D eigenvalue weighted by atomic mass is 16.5. The summed E-state index contributed by atoms with van der Waals surface area (Å²) in [5, 5.41) is 23.1. The van der Waals surface area contributed by atoms with Crippen molar-refractivity contribution >= 4 is 28.7 Å². The molecule has 0 bridgehead atoms. The van der Waals surface area contributed by atoms with Crippen molar-refractivity contribution in [1.82, 2.24) is 20.3 Å². The highest BCUT2D eigenvalue weighted by Crippen LogP contribution is 2.21. The SMILES string of the molecule is Cc1cccc(-n2nnc3ccc(NC(=O)C(CO)NC(=O)OCc4ccccc4)cc32)c1. The Morgan fingerprint density at radius 2 is 1.88 bits per heavy atom. The van der Waals surface area contributed by atoms with E-state index in [9.17, 15) is 14.7 Å². The molecule has 0 fully saturated rings. The lowest BCUT2D eigenvalue weighted by Gasteiger charge is -2.16. The van der Waals surface area contributed by atoms with E-state index in [2.05, 4.69) is 20.9 Å². The number of benzene rings is 3. The number of nitrogens with one attached hydrogen (secondary N) is 2. The van der Waals surface area contributed by atoms with Gasteiger partial charge in [-0.05, 0) is 48.4 Å². The van der Waals surface area contributed by atoms with E-state index in [1.165, 1.54) is 0 Å². The van der Waals surface area contributed by atoms with Crippen LogP contribution >= 0.6 is 0 Å². The van der Waals surface area contributed by atoms with Crippen molar-refractivity contribution in [1.29, 1.82) is 0 Å². The number of anilines is 1. The summed E-state index contributed by atoms with van der Waals surface area (Å²) in [6, 6.07) is 20.9. The van der Waals surface area contributed by atoms with Crippen molar-refractivity contribution in [3.8, 4) is 5.69 Å². The Morgan fingerprint density at radius 3 is 2.64 bits per heavy atom. The molecule has 9 nitrogen and oxygen atoms in total. The summed E-state index contributed by atoms with van der Waals surface area (Å²) in [5.74, 6) is -0.580. The Hall–Kier alpha value is -4.24. The summed E-state index contributed by atoms with van der Waals surface area (Å²) >= 11 is 0. The number of aliphatic hydroxyl groups excluding tert-OH is 1. The lowest BCUT2D eigenvalue weighted by atomic mass is 10.2. The van der Waals surface area contributed by atoms with E-state index in [0.29, 0.717) is 16.7 Å². The van der Waals surface area contributed by atoms with E-state index >= 15 is 0 Å². The summed E-state index contributed by atoms with van der Waals surface area (Å²) in [4.78, 5) is 24.7. The van der Waals surface area contributed by atoms with Gasteiger partial charge in [0.05, 0.1) is 17.8 Å². The maximum Gasteiger partial charge on any atom is 0.408 e. The number of fused-ring (bicyclic) bond motifs is 1. The van der Waals surface area contributed by atoms with Gasteiger partial charge in [0.2, 0.25) is 5.91 Å². The van der Waals surface area contributed by atoms with Crippen LogP contribution in [0.4, 0.5) is 10.5 Å². The number of ether oxygens (including phenoxy) is 1. The normalized spacial score (nSPS) is 11.7. The van der Waals surface area contributed by atoms with Gasteiger partial charge < -0.3 is 20.5 Å². The summed E-state index contributed by atoms with van der Waals surface area (Å²) in [6.07, 6.45) is -0.801. The Bertz CT molecular complexity index is 1270. The molecule has 1 atom stereocenters. The van der Waals surface area contributed by atoms with Gasteiger partial charge in [-0.2, -0.15) is 0 Å². The van der Waals surface area contributed by atoms with E-state index in [0.717, 1.165) is 16.8 Å². The molecule has 1 heterocycles. The van der Waals surface area contributed by atoms with Crippen LogP contribution in [0.3, 0.4) is 0 Å². The predicted molar refractivity (Wildman–Crippen MR) is 123 cm³/mol. The molecule has 168 valence electrons. The fourth-order valence-electron chi connectivity index (χ4n) is 3.28. The number of aliphatic hydroxyl groups is 1. The molecular formula is C24H23N5O4. The molecule has 0 spiro atoms. The van der Waals surface area contributed by atoms with Crippen LogP contribution in [-0.4, -0.2) is 44.7 Å². The Balaban J connectivity index is 1.43. The fourth-order valence-corrected chi connectivity index (χ4v) is 3.28. The zero-order valence-electron chi connectivity index (χ0n) is 17.9. The summed E-state index contributed by atoms with van der Waals surface area (Å²) in [6.45, 7) is 1.46. The van der Waals surface area contributed by atoms with Crippen molar-refractivity contribution < 1.29 is 19.4 Å². The zero-order chi connectivity index (χ0) is 23.2. The van der Waals surface area contributed by atoms with E-state index in [4.69, 9.17) is 4.74 Å². The Labute approximate surface area is 190 Å². The van der Waals surface area contributed by atoms with Crippen molar-refractivity contribution in [2.24, 2.45) is 0 Å². The number of aryl methyl sites for hydroxylation is 1. The minimum absolute atomic E-state index is 0.0546. The van der Waals surface area contributed by atoms with Crippen LogP contribution in [-0.2, 0) is 16.1 Å². The molecule has 0 aliphatic rings. The number of amides is 2. The monoisotopic (exact) mass is 445 g/mol. The first-order valence-electron chi connectivity index (χ1n) is 10.3. The standard InChI is InChI=1S/C24H23N5O4/c1-16-6-5-9-19(12-16)29-22-13-18(10-11-20(22)27-28-29)25-23(31)21(14-30)26-24(32)33-15-17-7-3-2-4-8-17/h2-13,21,30H,14-15H2,1H3,(H,25,31)(H,26,32). The van der Waals surface area contributed by atoms with Crippen LogP contribution in [0.25, 0.3) is 16.7 Å². The topological polar surface area (TPSA) is 118 Å². The summed E-state index contributed by atoms with van der Waals surface area (Å²) in [5.41, 5.74) is 4.57. The average Bonchev–Trinajstić information content (AvgIpc) is 3.25. The van der Waals surface area contributed by atoms with Crippen LogP contribution in [0.1, 0.15) is 11.1 Å². The number of aromatic nitrogens is 3. The van der Waals surface area contributed by atoms with Crippen molar-refractivity contribution in [2.75, 3.05) is 11.9 Å². The van der Waals surface area contributed by atoms with Gasteiger partial charge in [0, 0.05) is 5.69 Å². The highest BCUT2D eigenvalue weighted by molar-refractivity contribution is 5.98. The number of alkyl carbamates (subject to hydrolysis) is 1. The predicted octanol–water partition coefficient (Wildman–Crippen LogP) is 2.95. The third kappa shape index (κ3) is 5.34. The van der Waals surface area contributed by atoms with Crippen LogP contribution in [0.15, 0.2) is 72.8 Å². The third-order valence-corrected chi connectivity index (χ3v) is 4.96. The van der Waals surface area contributed by atoms with Gasteiger partial charge >= 0.3 is 6.09 Å². The number of hydrogen-bond donors (Lipinski definition) is 3. The number of rotatable bonds is 7. The van der Waals surface area contributed by atoms with Crippen LogP contribution in [0.5, 0.6) is 0 Å². The molecule has 4 aromatic rings. The van der Waals surface area contributed by atoms with Gasteiger partial charge in [-0.3, -0.25) is 4.79 Å². The van der Waals surface area contributed by atoms with Gasteiger partial charge in [-0.25, -0.2) is 9.48 Å². The first-order valence-corrected chi connectivity index (χ1v) is 10.3. The van der Waals surface area contributed by atoms with Gasteiger partial charge in [0.25, 0.3) is 0 Å². The zero-order valence-corrected chi connectivity index (χ0v) is 17.9. The Morgan fingerprint density at radius 1 is 1.06 bits per heavy atom. The summed E-state index contributed by atoms with van der Waals surface area (Å²) in [7, 11) is 0. The van der Waals surface area contributed by atoms with Crippen LogP contribution in [0, 0.1) is 6.92 Å². The van der Waals surface area contributed by atoms with Crippen molar-refractivity contribution in [2.45, 2.75) is 19.6 Å². The number of carbonyl (C=O) groups is 2. The second-order valence-electron chi connectivity index (χ2n) is 7.47. The number of hydrogen-bond acceptors (Lipinski definition) is 6. The molecule has 2 amide bonds. The second-order valence-corrected chi connectivity index (χ2v) is 7.47. The molecule has 3 aromatic carbocycles. The van der Waals surface area contributed by atoms with E-state index in [-0.39, 0.29) is 6.61 Å². The molecule has 0 radical (unpaired) electrons. The van der Waals surface area contributed by atoms with Crippen LogP contribution < -0.4 is 10.6 Å². The molecule has 4 rings (SSSR count). The van der Waals surface area contributed by atoms with E-state index in [1.54, 1.807) is 22.9 Å². The molecule has 33 heavy (non-hydrogen) atoms. The molecule has 0 saturated carbocycles. The molecule has 0 aliphatic heterocycles. The quantitative estimate of drug-likeness (QED) is 0.403. The minimum atomic E-state index is -1.18. The number of carbonyl (C=O) groups excluding carboxylic acids is 2. The van der Waals surface area contributed by atoms with Crippen LogP contribution in [0.2, 0.25) is 0 Å². The third-order valence-electron chi connectivity index (χ3n) is 4.96. The lowest BCUT2D eigenvalue weighted by molar-refractivity contribution is -0.118. The maximum absolute atomic E-state index is 12.6. The molecule has 0 aliphatic carbocycles. The summed E-state index contributed by atoms with van der Waals surface area (Å²) < 4.78 is 6.80. The first kappa shape index (κ1) is 22.0. The van der Waals surface area contributed by atoms with Gasteiger partial charge in [0.15, 0.2) is 0 Å². The first-order chi connectivity index (χ1) is 16.0. The molecule has 3 N–H and O–H groups in total. The Kier molecular flexibility index (Phi) is 6.61. The molecule has 9 heteroatoms. The lowest BCUT2D eigenvalue weighted by Crippen LogP contribution is -2.46. The molecular weight excluding hydrogens is 422 g/mol. The second kappa shape index (κ2) is 9.92. The smallest absolute Gasteiger partial charge is 0.408 e. The van der Waals surface area contributed by atoms with E-state index in [1.807, 2.05) is 61.5 Å². The van der Waals surface area contributed by atoms with Crippen molar-refractivity contribution in [3.05, 3.63) is 83.9 Å². The van der Waals surface area contributed by atoms with Gasteiger partial charge in [0.1, 0.15) is 18.2 Å². The fraction of sp³-hybridized carbons (Fsp3) is 0.167. The van der Waals surface area contributed by atoms with Crippen molar-refractivity contribution in [3.63, 3.8) is 0 Å². The molecule has 0 saturated heterocycles.